The summed E-state index contributed by atoms with van der Waals surface area (Å²) < 4.78 is 15.2. The van der Waals surface area contributed by atoms with E-state index in [0.717, 1.165) is 22.6 Å². The summed E-state index contributed by atoms with van der Waals surface area (Å²) in [7, 11) is 0. The second-order valence-electron chi connectivity index (χ2n) is 6.12. The smallest absolute Gasteiger partial charge is 0.274 e. The highest BCUT2D eigenvalue weighted by atomic mass is 19.1. The Hall–Kier alpha value is -3.28. The van der Waals surface area contributed by atoms with Gasteiger partial charge in [0.1, 0.15) is 5.82 Å². The van der Waals surface area contributed by atoms with Gasteiger partial charge in [0.15, 0.2) is 0 Å². The lowest BCUT2D eigenvalue weighted by molar-refractivity contribution is -0.385. The van der Waals surface area contributed by atoms with Crippen LogP contribution >= 0.6 is 0 Å². The second-order valence-corrected chi connectivity index (χ2v) is 6.12. The van der Waals surface area contributed by atoms with Gasteiger partial charge in [-0.1, -0.05) is 6.07 Å². The van der Waals surface area contributed by atoms with Crippen molar-refractivity contribution in [2.45, 2.75) is 20.8 Å². The van der Waals surface area contributed by atoms with Crippen LogP contribution in [-0.4, -0.2) is 15.7 Å². The van der Waals surface area contributed by atoms with Crippen molar-refractivity contribution in [1.82, 2.24) is 4.57 Å². The summed E-state index contributed by atoms with van der Waals surface area (Å²) >= 11 is 0. The lowest BCUT2D eigenvalue weighted by Gasteiger charge is -2.09. The lowest BCUT2D eigenvalue weighted by Crippen LogP contribution is -1.99. The summed E-state index contributed by atoms with van der Waals surface area (Å²) in [5, 5.41) is 11.1. The Morgan fingerprint density at radius 3 is 2.42 bits per heavy atom. The van der Waals surface area contributed by atoms with Gasteiger partial charge in [0, 0.05) is 40.5 Å². The first-order chi connectivity index (χ1) is 12.4. The van der Waals surface area contributed by atoms with Crippen LogP contribution in [0.3, 0.4) is 0 Å². The summed E-state index contributed by atoms with van der Waals surface area (Å²) in [5.41, 5.74) is 4.89. The number of aryl methyl sites for hydroxylation is 2. The molecule has 5 nitrogen and oxygen atoms in total. The van der Waals surface area contributed by atoms with Crippen LogP contribution in [0.1, 0.15) is 22.5 Å². The molecule has 0 saturated carbocycles. The van der Waals surface area contributed by atoms with Gasteiger partial charge < -0.3 is 4.57 Å². The minimum absolute atomic E-state index is 0.0523. The van der Waals surface area contributed by atoms with Crippen molar-refractivity contribution < 1.29 is 9.31 Å². The SMILES string of the molecule is Cc1ccc(N=Cc2cc(C)n(-c3ccc(F)cc3)c2C)cc1[N+](=O)[O-]. The molecule has 0 aliphatic carbocycles. The maximum atomic E-state index is 13.2. The summed E-state index contributed by atoms with van der Waals surface area (Å²) in [4.78, 5) is 15.0. The molecule has 26 heavy (non-hydrogen) atoms. The maximum absolute atomic E-state index is 13.2. The molecule has 0 spiro atoms. The van der Waals surface area contributed by atoms with Crippen LogP contribution in [0.2, 0.25) is 0 Å². The summed E-state index contributed by atoms with van der Waals surface area (Å²) in [6.07, 6.45) is 1.69. The standard InChI is InChI=1S/C20H18FN3O2/c1-13-4-7-18(11-20(13)24(25)26)22-12-16-10-14(2)23(15(16)3)19-8-5-17(21)6-9-19/h4-12H,1-3H3. The maximum Gasteiger partial charge on any atom is 0.274 e. The van der Waals surface area contributed by atoms with E-state index in [1.807, 2.05) is 24.5 Å². The number of aromatic nitrogens is 1. The Bertz CT molecular complexity index is 1000. The topological polar surface area (TPSA) is 60.4 Å². The van der Waals surface area contributed by atoms with E-state index in [4.69, 9.17) is 0 Å². The van der Waals surface area contributed by atoms with Gasteiger partial charge in [-0.25, -0.2) is 4.39 Å². The number of halogens is 1. The molecule has 0 saturated heterocycles. The molecule has 3 aromatic rings. The van der Waals surface area contributed by atoms with Crippen LogP contribution in [0.4, 0.5) is 15.8 Å². The highest BCUT2D eigenvalue weighted by Crippen LogP contribution is 2.25. The average molecular weight is 351 g/mol. The van der Waals surface area contributed by atoms with E-state index in [0.29, 0.717) is 11.3 Å². The molecule has 0 aliphatic heterocycles. The first kappa shape index (κ1) is 17.5. The highest BCUT2D eigenvalue weighted by Gasteiger charge is 2.12. The molecule has 0 N–H and O–H groups in total. The number of nitrogens with zero attached hydrogens (tertiary/aromatic N) is 3. The lowest BCUT2D eigenvalue weighted by atomic mass is 10.2. The first-order valence-corrected chi connectivity index (χ1v) is 8.11. The van der Waals surface area contributed by atoms with Gasteiger partial charge in [0.25, 0.3) is 5.69 Å². The van der Waals surface area contributed by atoms with Crippen LogP contribution in [0, 0.1) is 36.7 Å². The molecule has 0 unspecified atom stereocenters. The van der Waals surface area contributed by atoms with E-state index in [1.165, 1.54) is 18.2 Å². The zero-order chi connectivity index (χ0) is 18.8. The molecule has 2 aromatic carbocycles. The van der Waals surface area contributed by atoms with Crippen LogP contribution < -0.4 is 0 Å². The molecule has 0 atom stereocenters. The minimum Gasteiger partial charge on any atom is -0.318 e. The van der Waals surface area contributed by atoms with Crippen LogP contribution in [0.25, 0.3) is 5.69 Å². The third-order valence-electron chi connectivity index (χ3n) is 4.30. The number of rotatable bonds is 4. The molecule has 0 fully saturated rings. The number of aliphatic imine (C=N–C) groups is 1. The summed E-state index contributed by atoms with van der Waals surface area (Å²) in [6, 6.07) is 13.2. The van der Waals surface area contributed by atoms with Crippen LogP contribution in [0.15, 0.2) is 53.5 Å². The van der Waals surface area contributed by atoms with Gasteiger partial charge in [-0.3, -0.25) is 15.1 Å². The van der Waals surface area contributed by atoms with Gasteiger partial charge in [-0.05, 0) is 57.2 Å². The Labute approximate surface area is 150 Å². The van der Waals surface area contributed by atoms with E-state index in [-0.39, 0.29) is 11.5 Å². The normalized spacial score (nSPS) is 11.2. The molecular formula is C20H18FN3O2. The number of hydrogen-bond acceptors (Lipinski definition) is 3. The van der Waals surface area contributed by atoms with Gasteiger partial charge in [-0.15, -0.1) is 0 Å². The Kier molecular flexibility index (Phi) is 4.67. The Balaban J connectivity index is 1.95. The van der Waals surface area contributed by atoms with Crippen molar-refractivity contribution in [2.75, 3.05) is 0 Å². The van der Waals surface area contributed by atoms with Crippen molar-refractivity contribution in [3.63, 3.8) is 0 Å². The molecule has 0 amide bonds. The highest BCUT2D eigenvalue weighted by molar-refractivity contribution is 5.84. The van der Waals surface area contributed by atoms with Gasteiger partial charge in [0.05, 0.1) is 10.6 Å². The summed E-state index contributed by atoms with van der Waals surface area (Å²) in [5.74, 6) is -0.279. The van der Waals surface area contributed by atoms with Crippen LogP contribution in [-0.2, 0) is 0 Å². The van der Waals surface area contributed by atoms with Crippen molar-refractivity contribution >= 4 is 17.6 Å². The fourth-order valence-electron chi connectivity index (χ4n) is 2.92. The fraction of sp³-hybridized carbons (Fsp3) is 0.150. The molecule has 1 heterocycles. The van der Waals surface area contributed by atoms with Gasteiger partial charge >= 0.3 is 0 Å². The first-order valence-electron chi connectivity index (χ1n) is 8.11. The monoisotopic (exact) mass is 351 g/mol. The molecule has 132 valence electrons. The predicted molar refractivity (Wildman–Crippen MR) is 100 cm³/mol. The molecule has 0 radical (unpaired) electrons. The van der Waals surface area contributed by atoms with Crippen molar-refractivity contribution in [3.05, 3.63) is 87.0 Å². The molecule has 3 rings (SSSR count). The molecule has 0 bridgehead atoms. The van der Waals surface area contributed by atoms with Crippen molar-refractivity contribution in [3.8, 4) is 5.69 Å². The molecule has 0 aliphatic rings. The number of benzene rings is 2. The molecule has 1 aromatic heterocycles. The van der Waals surface area contributed by atoms with E-state index in [2.05, 4.69) is 4.99 Å². The zero-order valence-corrected chi connectivity index (χ0v) is 14.7. The number of nitro groups is 1. The quantitative estimate of drug-likeness (QED) is 0.368. The van der Waals surface area contributed by atoms with Crippen molar-refractivity contribution in [2.24, 2.45) is 4.99 Å². The number of nitro benzene ring substituents is 1. The van der Waals surface area contributed by atoms with Gasteiger partial charge in [-0.2, -0.15) is 0 Å². The predicted octanol–water partition coefficient (Wildman–Crippen LogP) is 5.20. The Morgan fingerprint density at radius 1 is 1.08 bits per heavy atom. The molecule has 6 heteroatoms. The minimum atomic E-state index is -0.408. The van der Waals surface area contributed by atoms with E-state index in [1.54, 1.807) is 37.4 Å². The largest absolute Gasteiger partial charge is 0.318 e. The van der Waals surface area contributed by atoms with Gasteiger partial charge in [0.2, 0.25) is 0 Å². The fourth-order valence-corrected chi connectivity index (χ4v) is 2.92. The third kappa shape index (κ3) is 3.39. The van der Waals surface area contributed by atoms with E-state index >= 15 is 0 Å². The summed E-state index contributed by atoms with van der Waals surface area (Å²) in [6.45, 7) is 5.61. The Morgan fingerprint density at radius 2 is 1.77 bits per heavy atom. The third-order valence-corrected chi connectivity index (χ3v) is 4.30. The van der Waals surface area contributed by atoms with Crippen molar-refractivity contribution in [1.29, 1.82) is 0 Å². The van der Waals surface area contributed by atoms with Crippen LogP contribution in [0.5, 0.6) is 0 Å². The van der Waals surface area contributed by atoms with E-state index < -0.39 is 4.92 Å². The number of hydrogen-bond donors (Lipinski definition) is 0. The molecular weight excluding hydrogens is 333 g/mol. The average Bonchev–Trinajstić information content (AvgIpc) is 2.89. The second kappa shape index (κ2) is 6.92. The van der Waals surface area contributed by atoms with E-state index in [9.17, 15) is 14.5 Å². The zero-order valence-electron chi connectivity index (χ0n) is 14.7.